The number of likely N-dealkylation sites (tertiary alicyclic amines) is 1. The Hall–Kier alpha value is -2.71. The molecule has 2 aromatic rings. The van der Waals surface area contributed by atoms with Gasteiger partial charge in [-0.2, -0.15) is 4.31 Å². The highest BCUT2D eigenvalue weighted by Crippen LogP contribution is 2.27. The zero-order chi connectivity index (χ0) is 23.4. The fourth-order valence-electron chi connectivity index (χ4n) is 4.53. The molecule has 4 rings (SSSR count). The van der Waals surface area contributed by atoms with Crippen molar-refractivity contribution in [1.82, 2.24) is 9.21 Å². The number of sulfonamides is 1. The van der Waals surface area contributed by atoms with Crippen molar-refractivity contribution in [3.8, 4) is 0 Å². The van der Waals surface area contributed by atoms with Crippen LogP contribution in [0.5, 0.6) is 0 Å². The minimum absolute atomic E-state index is 0.0488. The van der Waals surface area contributed by atoms with E-state index >= 15 is 0 Å². The van der Waals surface area contributed by atoms with Gasteiger partial charge in [0.05, 0.1) is 10.8 Å². The third kappa shape index (κ3) is 5.45. The third-order valence-electron chi connectivity index (χ3n) is 6.44. The maximum absolute atomic E-state index is 13.3. The Labute approximate surface area is 195 Å². The SMILES string of the molecule is Cc1ccc(NC(=O)[C@H]2CC(=O)N(Cc3ccccc3)C2)cc1S(=O)(=O)N1CCCCCC1. The smallest absolute Gasteiger partial charge is 0.243 e. The lowest BCUT2D eigenvalue weighted by atomic mass is 10.1. The highest BCUT2D eigenvalue weighted by molar-refractivity contribution is 7.89. The number of nitrogens with zero attached hydrogens (tertiary/aromatic N) is 2. The molecule has 8 heteroatoms. The van der Waals surface area contributed by atoms with E-state index in [1.807, 2.05) is 30.3 Å². The lowest BCUT2D eigenvalue weighted by Crippen LogP contribution is -2.32. The number of nitrogens with one attached hydrogen (secondary N) is 1. The number of benzene rings is 2. The minimum atomic E-state index is -3.63. The largest absolute Gasteiger partial charge is 0.338 e. The molecule has 0 saturated carbocycles. The summed E-state index contributed by atoms with van der Waals surface area (Å²) >= 11 is 0. The van der Waals surface area contributed by atoms with Gasteiger partial charge in [-0.05, 0) is 43.0 Å². The molecule has 2 fully saturated rings. The molecule has 2 heterocycles. The second-order valence-electron chi connectivity index (χ2n) is 8.95. The number of hydrogen-bond donors (Lipinski definition) is 1. The van der Waals surface area contributed by atoms with Crippen LogP contribution >= 0.6 is 0 Å². The lowest BCUT2D eigenvalue weighted by Gasteiger charge is -2.22. The second-order valence-corrected chi connectivity index (χ2v) is 10.9. The zero-order valence-corrected chi connectivity index (χ0v) is 19.8. The van der Waals surface area contributed by atoms with Crippen molar-refractivity contribution in [3.05, 3.63) is 59.7 Å². The number of carbonyl (C=O) groups excluding carboxylic acids is 2. The number of anilines is 1. The molecule has 33 heavy (non-hydrogen) atoms. The molecule has 7 nitrogen and oxygen atoms in total. The van der Waals surface area contributed by atoms with Crippen molar-refractivity contribution in [2.24, 2.45) is 5.92 Å². The van der Waals surface area contributed by atoms with Crippen molar-refractivity contribution >= 4 is 27.5 Å². The van der Waals surface area contributed by atoms with Gasteiger partial charge in [0.1, 0.15) is 0 Å². The number of hydrogen-bond acceptors (Lipinski definition) is 4. The summed E-state index contributed by atoms with van der Waals surface area (Å²) in [6.07, 6.45) is 3.97. The monoisotopic (exact) mass is 469 g/mol. The van der Waals surface area contributed by atoms with Gasteiger partial charge in [0.2, 0.25) is 21.8 Å². The van der Waals surface area contributed by atoms with Gasteiger partial charge in [-0.1, -0.05) is 49.2 Å². The molecule has 2 aliphatic rings. The Kier molecular flexibility index (Phi) is 7.14. The predicted molar refractivity (Wildman–Crippen MR) is 127 cm³/mol. The summed E-state index contributed by atoms with van der Waals surface area (Å²) in [5.74, 6) is -0.776. The third-order valence-corrected chi connectivity index (χ3v) is 8.48. The van der Waals surface area contributed by atoms with E-state index in [9.17, 15) is 18.0 Å². The number of aryl methyl sites for hydroxylation is 1. The van der Waals surface area contributed by atoms with E-state index < -0.39 is 15.9 Å². The van der Waals surface area contributed by atoms with Crippen LogP contribution in [0.15, 0.2) is 53.4 Å². The first-order valence-electron chi connectivity index (χ1n) is 11.6. The first kappa shape index (κ1) is 23.4. The average Bonchev–Trinajstić information content (AvgIpc) is 2.99. The van der Waals surface area contributed by atoms with Crippen LogP contribution in [0.1, 0.15) is 43.2 Å². The van der Waals surface area contributed by atoms with Gasteiger partial charge in [0, 0.05) is 38.3 Å². The van der Waals surface area contributed by atoms with E-state index in [4.69, 9.17) is 0 Å². The number of rotatable bonds is 6. The molecule has 2 amide bonds. The van der Waals surface area contributed by atoms with Crippen LogP contribution in [0.2, 0.25) is 0 Å². The molecule has 1 atom stereocenters. The second kappa shape index (κ2) is 10.1. The lowest BCUT2D eigenvalue weighted by molar-refractivity contribution is -0.128. The molecule has 0 bridgehead atoms. The fraction of sp³-hybridized carbons (Fsp3) is 0.440. The summed E-state index contributed by atoms with van der Waals surface area (Å²) in [6, 6.07) is 14.7. The summed E-state index contributed by atoms with van der Waals surface area (Å²) in [5.41, 5.74) is 2.11. The molecule has 0 radical (unpaired) electrons. The highest BCUT2D eigenvalue weighted by Gasteiger charge is 2.34. The van der Waals surface area contributed by atoms with E-state index in [1.54, 1.807) is 34.3 Å². The van der Waals surface area contributed by atoms with Gasteiger partial charge in [0.25, 0.3) is 0 Å². The summed E-state index contributed by atoms with van der Waals surface area (Å²) < 4.78 is 28.1. The Balaban J connectivity index is 1.45. The molecule has 2 saturated heterocycles. The fourth-order valence-corrected chi connectivity index (χ4v) is 6.29. The Morgan fingerprint density at radius 3 is 2.42 bits per heavy atom. The molecule has 0 spiro atoms. The molecule has 0 aromatic heterocycles. The maximum Gasteiger partial charge on any atom is 0.243 e. The minimum Gasteiger partial charge on any atom is -0.338 e. The molecule has 0 unspecified atom stereocenters. The van der Waals surface area contributed by atoms with Crippen molar-refractivity contribution in [2.75, 3.05) is 25.0 Å². The number of amides is 2. The van der Waals surface area contributed by atoms with Gasteiger partial charge in [-0.3, -0.25) is 9.59 Å². The quantitative estimate of drug-likeness (QED) is 0.701. The van der Waals surface area contributed by atoms with Crippen LogP contribution < -0.4 is 5.32 Å². The topological polar surface area (TPSA) is 86.8 Å². The van der Waals surface area contributed by atoms with Crippen LogP contribution in [0.4, 0.5) is 5.69 Å². The summed E-state index contributed by atoms with van der Waals surface area (Å²) in [7, 11) is -3.63. The van der Waals surface area contributed by atoms with Crippen LogP contribution in [0, 0.1) is 12.8 Å². The zero-order valence-electron chi connectivity index (χ0n) is 19.0. The number of carbonyl (C=O) groups is 2. The summed E-state index contributed by atoms with van der Waals surface area (Å²) in [4.78, 5) is 27.3. The van der Waals surface area contributed by atoms with Crippen molar-refractivity contribution < 1.29 is 18.0 Å². The van der Waals surface area contributed by atoms with Crippen LogP contribution in [0.3, 0.4) is 0 Å². The average molecular weight is 470 g/mol. The van der Waals surface area contributed by atoms with Crippen LogP contribution in [0.25, 0.3) is 0 Å². The highest BCUT2D eigenvalue weighted by atomic mass is 32.2. The van der Waals surface area contributed by atoms with E-state index in [-0.39, 0.29) is 23.1 Å². The predicted octanol–water partition coefficient (Wildman–Crippen LogP) is 3.55. The van der Waals surface area contributed by atoms with E-state index in [2.05, 4.69) is 5.32 Å². The van der Waals surface area contributed by atoms with Gasteiger partial charge in [0.15, 0.2) is 0 Å². The van der Waals surface area contributed by atoms with Gasteiger partial charge < -0.3 is 10.2 Å². The summed E-state index contributed by atoms with van der Waals surface area (Å²) in [6.45, 7) is 3.66. The first-order valence-corrected chi connectivity index (χ1v) is 13.0. The Bertz CT molecular complexity index is 1110. The van der Waals surface area contributed by atoms with E-state index in [0.29, 0.717) is 37.4 Å². The van der Waals surface area contributed by atoms with E-state index in [0.717, 1.165) is 31.2 Å². The molecule has 2 aromatic carbocycles. The van der Waals surface area contributed by atoms with E-state index in [1.165, 1.54) is 0 Å². The molecule has 2 aliphatic heterocycles. The molecule has 0 aliphatic carbocycles. The molecular weight excluding hydrogens is 438 g/mol. The van der Waals surface area contributed by atoms with Crippen molar-refractivity contribution in [1.29, 1.82) is 0 Å². The van der Waals surface area contributed by atoms with Crippen LogP contribution in [-0.2, 0) is 26.2 Å². The normalized spacial score (nSPS) is 20.0. The Morgan fingerprint density at radius 1 is 1.03 bits per heavy atom. The standard InChI is InChI=1S/C25H31N3O4S/c1-19-11-12-22(16-23(19)33(31,32)28-13-7-2-3-8-14-28)26-25(30)21-15-24(29)27(18-21)17-20-9-5-4-6-10-20/h4-6,9-12,16,21H,2-3,7-8,13-15,17-18H2,1H3,(H,26,30)/t21-/m0/s1. The maximum atomic E-state index is 13.3. The van der Waals surface area contributed by atoms with Crippen molar-refractivity contribution in [2.45, 2.75) is 50.5 Å². The van der Waals surface area contributed by atoms with Gasteiger partial charge in [-0.15, -0.1) is 0 Å². The molecule has 1 N–H and O–H groups in total. The van der Waals surface area contributed by atoms with Crippen LogP contribution in [-0.4, -0.2) is 49.1 Å². The first-order chi connectivity index (χ1) is 15.8. The van der Waals surface area contributed by atoms with Gasteiger partial charge in [-0.25, -0.2) is 8.42 Å². The Morgan fingerprint density at radius 2 is 1.73 bits per heavy atom. The van der Waals surface area contributed by atoms with Crippen molar-refractivity contribution in [3.63, 3.8) is 0 Å². The molecular formula is C25H31N3O4S. The van der Waals surface area contributed by atoms with Gasteiger partial charge >= 0.3 is 0 Å². The molecule has 176 valence electrons. The summed E-state index contributed by atoms with van der Waals surface area (Å²) in [5, 5.41) is 2.84.